The van der Waals surface area contributed by atoms with Crippen molar-refractivity contribution in [2.45, 2.75) is 39.7 Å². The summed E-state index contributed by atoms with van der Waals surface area (Å²) >= 11 is 0. The summed E-state index contributed by atoms with van der Waals surface area (Å²) in [5.74, 6) is 0.289. The summed E-state index contributed by atoms with van der Waals surface area (Å²) in [5, 5.41) is 5.85. The van der Waals surface area contributed by atoms with E-state index in [1.807, 2.05) is 31.2 Å². The van der Waals surface area contributed by atoms with Crippen LogP contribution in [-0.4, -0.2) is 19.1 Å². The standard InChI is InChI=1S/C21H25FN2O2/c1-13(2)16-6-4-14(3)10-19(16)26-12-20(25)24-18-7-5-15-11-23-9-8-17(15)21(18)22/h4-7,10,13,23H,8-9,11-12H2,1-3H3,(H,24,25). The van der Waals surface area contributed by atoms with Gasteiger partial charge in [-0.1, -0.05) is 32.0 Å². The van der Waals surface area contributed by atoms with Crippen LogP contribution < -0.4 is 15.4 Å². The molecule has 0 unspecified atom stereocenters. The molecule has 0 aliphatic carbocycles. The molecule has 1 aliphatic rings. The van der Waals surface area contributed by atoms with Crippen molar-refractivity contribution < 1.29 is 13.9 Å². The second-order valence-electron chi connectivity index (χ2n) is 7.02. The lowest BCUT2D eigenvalue weighted by atomic mass is 9.99. The molecule has 0 saturated heterocycles. The van der Waals surface area contributed by atoms with E-state index in [1.165, 1.54) is 0 Å². The van der Waals surface area contributed by atoms with Gasteiger partial charge >= 0.3 is 0 Å². The first-order valence-corrected chi connectivity index (χ1v) is 9.00. The summed E-state index contributed by atoms with van der Waals surface area (Å²) < 4.78 is 20.3. The van der Waals surface area contributed by atoms with Crippen LogP contribution in [-0.2, 0) is 17.8 Å². The summed E-state index contributed by atoms with van der Waals surface area (Å²) in [6, 6.07) is 9.45. The number of nitrogens with one attached hydrogen (secondary N) is 2. The minimum absolute atomic E-state index is 0.152. The van der Waals surface area contributed by atoms with Gasteiger partial charge in [-0.2, -0.15) is 0 Å². The van der Waals surface area contributed by atoms with E-state index in [-0.39, 0.29) is 24.0 Å². The van der Waals surface area contributed by atoms with Gasteiger partial charge in [-0.15, -0.1) is 0 Å². The van der Waals surface area contributed by atoms with Crippen molar-refractivity contribution in [1.29, 1.82) is 0 Å². The van der Waals surface area contributed by atoms with Gasteiger partial charge in [0.25, 0.3) is 5.91 Å². The average Bonchev–Trinajstić information content (AvgIpc) is 2.62. The van der Waals surface area contributed by atoms with Gasteiger partial charge in [0.2, 0.25) is 0 Å². The molecule has 1 amide bonds. The van der Waals surface area contributed by atoms with Crippen LogP contribution in [0.25, 0.3) is 0 Å². The number of halogens is 1. The zero-order valence-electron chi connectivity index (χ0n) is 15.5. The van der Waals surface area contributed by atoms with Crippen LogP contribution in [0.5, 0.6) is 5.75 Å². The Morgan fingerprint density at radius 2 is 2.12 bits per heavy atom. The molecule has 4 nitrogen and oxygen atoms in total. The largest absolute Gasteiger partial charge is 0.483 e. The average molecular weight is 356 g/mol. The molecule has 5 heteroatoms. The first-order chi connectivity index (χ1) is 12.5. The summed E-state index contributed by atoms with van der Waals surface area (Å²) in [6.45, 7) is 7.39. The molecular formula is C21H25FN2O2. The zero-order chi connectivity index (χ0) is 18.7. The highest BCUT2D eigenvalue weighted by molar-refractivity contribution is 5.92. The Hall–Kier alpha value is -2.40. The lowest BCUT2D eigenvalue weighted by Gasteiger charge is -2.19. The molecule has 0 radical (unpaired) electrons. The summed E-state index contributed by atoms with van der Waals surface area (Å²) in [6.07, 6.45) is 0.627. The first-order valence-electron chi connectivity index (χ1n) is 9.00. The van der Waals surface area contributed by atoms with Gasteiger partial charge in [0.1, 0.15) is 11.6 Å². The molecule has 2 aromatic carbocycles. The molecule has 26 heavy (non-hydrogen) atoms. The van der Waals surface area contributed by atoms with Gasteiger partial charge in [0.05, 0.1) is 5.69 Å². The number of hydrogen-bond acceptors (Lipinski definition) is 3. The van der Waals surface area contributed by atoms with E-state index >= 15 is 0 Å². The van der Waals surface area contributed by atoms with Crippen molar-refractivity contribution in [3.63, 3.8) is 0 Å². The molecule has 0 saturated carbocycles. The number of ether oxygens (including phenoxy) is 1. The van der Waals surface area contributed by atoms with Crippen molar-refractivity contribution in [1.82, 2.24) is 5.32 Å². The Morgan fingerprint density at radius 1 is 1.31 bits per heavy atom. The van der Waals surface area contributed by atoms with E-state index in [0.717, 1.165) is 23.2 Å². The van der Waals surface area contributed by atoms with Gasteiger partial charge in [-0.25, -0.2) is 4.39 Å². The molecule has 0 bridgehead atoms. The Kier molecular flexibility index (Phi) is 5.57. The lowest BCUT2D eigenvalue weighted by molar-refractivity contribution is -0.118. The highest BCUT2D eigenvalue weighted by atomic mass is 19.1. The molecule has 0 fully saturated rings. The second kappa shape index (κ2) is 7.87. The number of fused-ring (bicyclic) bond motifs is 1. The fourth-order valence-corrected chi connectivity index (χ4v) is 3.20. The van der Waals surface area contributed by atoms with Crippen LogP contribution in [0.4, 0.5) is 10.1 Å². The Morgan fingerprint density at radius 3 is 2.88 bits per heavy atom. The van der Waals surface area contributed by atoms with Crippen molar-refractivity contribution in [3.05, 3.63) is 58.4 Å². The normalized spacial score (nSPS) is 13.4. The Bertz CT molecular complexity index is 818. The van der Waals surface area contributed by atoms with Gasteiger partial charge in [0.15, 0.2) is 6.61 Å². The summed E-state index contributed by atoms with van der Waals surface area (Å²) in [7, 11) is 0. The van der Waals surface area contributed by atoms with Crippen LogP contribution in [0, 0.1) is 12.7 Å². The highest BCUT2D eigenvalue weighted by Gasteiger charge is 2.18. The van der Waals surface area contributed by atoms with E-state index in [9.17, 15) is 9.18 Å². The monoisotopic (exact) mass is 356 g/mol. The van der Waals surface area contributed by atoms with Crippen LogP contribution in [0.1, 0.15) is 42.0 Å². The lowest BCUT2D eigenvalue weighted by Crippen LogP contribution is -2.26. The maximum Gasteiger partial charge on any atom is 0.262 e. The first kappa shape index (κ1) is 18.4. The van der Waals surface area contributed by atoms with Crippen molar-refractivity contribution in [3.8, 4) is 5.75 Å². The van der Waals surface area contributed by atoms with E-state index in [1.54, 1.807) is 6.07 Å². The summed E-state index contributed by atoms with van der Waals surface area (Å²) in [5.41, 5.74) is 3.97. The van der Waals surface area contributed by atoms with Crippen molar-refractivity contribution in [2.75, 3.05) is 18.5 Å². The minimum Gasteiger partial charge on any atom is -0.483 e. The van der Waals surface area contributed by atoms with Crippen molar-refractivity contribution in [2.24, 2.45) is 0 Å². The molecule has 138 valence electrons. The SMILES string of the molecule is Cc1ccc(C(C)C)c(OCC(=O)Nc2ccc3c(c2F)CCNC3)c1. The maximum absolute atomic E-state index is 14.6. The molecule has 0 aromatic heterocycles. The Balaban J connectivity index is 1.68. The number of amides is 1. The molecule has 2 aromatic rings. The van der Waals surface area contributed by atoms with Crippen LogP contribution >= 0.6 is 0 Å². The number of carbonyl (C=O) groups is 1. The van der Waals surface area contributed by atoms with Gasteiger partial charge in [-0.3, -0.25) is 4.79 Å². The highest BCUT2D eigenvalue weighted by Crippen LogP contribution is 2.28. The molecule has 0 atom stereocenters. The zero-order valence-corrected chi connectivity index (χ0v) is 15.5. The van der Waals surface area contributed by atoms with Crippen molar-refractivity contribution >= 4 is 11.6 Å². The minimum atomic E-state index is -0.367. The third-order valence-electron chi connectivity index (χ3n) is 4.63. The molecular weight excluding hydrogens is 331 g/mol. The third-order valence-corrected chi connectivity index (χ3v) is 4.63. The molecule has 3 rings (SSSR count). The fourth-order valence-electron chi connectivity index (χ4n) is 3.20. The van der Waals surface area contributed by atoms with Gasteiger partial charge < -0.3 is 15.4 Å². The van der Waals surface area contributed by atoms with E-state index in [0.29, 0.717) is 30.2 Å². The van der Waals surface area contributed by atoms with Crippen LogP contribution in [0.2, 0.25) is 0 Å². The van der Waals surface area contributed by atoms with E-state index in [2.05, 4.69) is 24.5 Å². The number of benzene rings is 2. The smallest absolute Gasteiger partial charge is 0.262 e. The van der Waals surface area contributed by atoms with E-state index in [4.69, 9.17) is 4.74 Å². The number of aryl methyl sites for hydroxylation is 1. The molecule has 1 aliphatic heterocycles. The number of rotatable bonds is 5. The summed E-state index contributed by atoms with van der Waals surface area (Å²) in [4.78, 5) is 12.3. The van der Waals surface area contributed by atoms with Gasteiger partial charge in [-0.05, 0) is 60.2 Å². The number of hydrogen-bond donors (Lipinski definition) is 2. The predicted molar refractivity (Wildman–Crippen MR) is 101 cm³/mol. The number of carbonyl (C=O) groups excluding carboxylic acids is 1. The molecule has 1 heterocycles. The molecule has 0 spiro atoms. The van der Waals surface area contributed by atoms with E-state index < -0.39 is 0 Å². The van der Waals surface area contributed by atoms with Crippen LogP contribution in [0.15, 0.2) is 30.3 Å². The van der Waals surface area contributed by atoms with Gasteiger partial charge in [0, 0.05) is 6.54 Å². The maximum atomic E-state index is 14.6. The quantitative estimate of drug-likeness (QED) is 0.854. The fraction of sp³-hybridized carbons (Fsp3) is 0.381. The topological polar surface area (TPSA) is 50.4 Å². The van der Waals surface area contributed by atoms with Crippen LogP contribution in [0.3, 0.4) is 0 Å². The number of anilines is 1. The Labute approximate surface area is 153 Å². The third kappa shape index (κ3) is 4.05. The predicted octanol–water partition coefficient (Wildman–Crippen LogP) is 3.92. The molecule has 2 N–H and O–H groups in total. The second-order valence-corrected chi connectivity index (χ2v) is 7.02.